The van der Waals surface area contributed by atoms with Crippen molar-refractivity contribution in [2.75, 3.05) is 6.61 Å². The molecule has 78 valence electrons. The molecule has 1 atom stereocenters. The van der Waals surface area contributed by atoms with Gasteiger partial charge in [-0.2, -0.15) is 0 Å². The molecule has 0 aromatic rings. The van der Waals surface area contributed by atoms with Crippen molar-refractivity contribution in [2.45, 2.75) is 38.8 Å². The second-order valence-corrected chi connectivity index (χ2v) is 8.19. The molecule has 0 aliphatic carbocycles. The summed E-state index contributed by atoms with van der Waals surface area (Å²) in [4.78, 5) is 0. The topological polar surface area (TPSA) is 9.23 Å². The standard InChI is InChI=1S/C9H18Cl2OSi/c1-4-5-6-9(13(10)11)12-7-8(2)3/h9,13H,2,4-7H2,1,3H3. The van der Waals surface area contributed by atoms with E-state index in [0.717, 1.165) is 24.8 Å². The van der Waals surface area contributed by atoms with Gasteiger partial charge in [-0.1, -0.05) is 31.9 Å². The van der Waals surface area contributed by atoms with Gasteiger partial charge in [0.1, 0.15) is 0 Å². The van der Waals surface area contributed by atoms with E-state index < -0.39 is 7.42 Å². The lowest BCUT2D eigenvalue weighted by atomic mass is 10.2. The highest BCUT2D eigenvalue weighted by molar-refractivity contribution is 7.34. The van der Waals surface area contributed by atoms with Crippen LogP contribution >= 0.6 is 22.2 Å². The van der Waals surface area contributed by atoms with Gasteiger partial charge in [-0.05, 0) is 13.3 Å². The predicted molar refractivity (Wildman–Crippen MR) is 62.9 cm³/mol. The fourth-order valence-electron chi connectivity index (χ4n) is 0.937. The van der Waals surface area contributed by atoms with Crippen LogP contribution in [-0.4, -0.2) is 19.8 Å². The maximum atomic E-state index is 5.91. The number of hydrogen-bond donors (Lipinski definition) is 0. The Morgan fingerprint density at radius 2 is 2.15 bits per heavy atom. The van der Waals surface area contributed by atoms with Crippen LogP contribution in [0.5, 0.6) is 0 Å². The summed E-state index contributed by atoms with van der Waals surface area (Å²) in [5, 5.41) is 0. The lowest BCUT2D eigenvalue weighted by Gasteiger charge is -2.17. The first-order valence-electron chi connectivity index (χ1n) is 4.62. The normalized spacial score (nSPS) is 13.3. The summed E-state index contributed by atoms with van der Waals surface area (Å²) in [7, 11) is -1.69. The van der Waals surface area contributed by atoms with E-state index in [4.69, 9.17) is 26.9 Å². The lowest BCUT2D eigenvalue weighted by molar-refractivity contribution is 0.117. The maximum Gasteiger partial charge on any atom is 0.264 e. The van der Waals surface area contributed by atoms with Crippen molar-refractivity contribution in [1.29, 1.82) is 0 Å². The van der Waals surface area contributed by atoms with E-state index in [1.807, 2.05) is 6.92 Å². The fraction of sp³-hybridized carbons (Fsp3) is 0.778. The molecule has 0 N–H and O–H groups in total. The SMILES string of the molecule is C=C(C)COC(CCCC)[SiH](Cl)Cl. The van der Waals surface area contributed by atoms with E-state index in [1.54, 1.807) is 0 Å². The van der Waals surface area contributed by atoms with Crippen molar-refractivity contribution in [2.24, 2.45) is 0 Å². The number of unbranched alkanes of at least 4 members (excludes halogenated alkanes) is 1. The van der Waals surface area contributed by atoms with Crippen LogP contribution in [0.15, 0.2) is 12.2 Å². The van der Waals surface area contributed by atoms with Gasteiger partial charge in [0.2, 0.25) is 0 Å². The van der Waals surface area contributed by atoms with Gasteiger partial charge >= 0.3 is 0 Å². The molecule has 0 radical (unpaired) electrons. The van der Waals surface area contributed by atoms with Crippen molar-refractivity contribution >= 4 is 29.6 Å². The van der Waals surface area contributed by atoms with Gasteiger partial charge in [-0.15, -0.1) is 22.2 Å². The van der Waals surface area contributed by atoms with Crippen LogP contribution in [0.2, 0.25) is 0 Å². The molecule has 0 saturated carbocycles. The summed E-state index contributed by atoms with van der Waals surface area (Å²) in [6, 6.07) is 0. The van der Waals surface area contributed by atoms with Gasteiger partial charge in [0, 0.05) is 0 Å². The average Bonchev–Trinajstić information content (AvgIpc) is 2.03. The highest BCUT2D eigenvalue weighted by Gasteiger charge is 2.19. The average molecular weight is 241 g/mol. The number of hydrogen-bond acceptors (Lipinski definition) is 1. The van der Waals surface area contributed by atoms with E-state index in [-0.39, 0.29) is 5.73 Å². The molecule has 0 aliphatic rings. The zero-order valence-electron chi connectivity index (χ0n) is 8.35. The van der Waals surface area contributed by atoms with E-state index >= 15 is 0 Å². The first-order valence-corrected chi connectivity index (χ1v) is 8.77. The molecule has 0 fully saturated rings. The molecule has 1 nitrogen and oxygen atoms in total. The van der Waals surface area contributed by atoms with Crippen molar-refractivity contribution in [3.63, 3.8) is 0 Å². The van der Waals surface area contributed by atoms with Gasteiger partial charge in [0.05, 0.1) is 12.3 Å². The Hall–Kier alpha value is 0.497. The molecule has 0 amide bonds. The van der Waals surface area contributed by atoms with Crippen LogP contribution in [0.1, 0.15) is 33.1 Å². The minimum atomic E-state index is -1.69. The number of rotatable bonds is 7. The summed E-state index contributed by atoms with van der Waals surface area (Å²) in [6.45, 7) is 8.44. The molecule has 0 bridgehead atoms. The number of ether oxygens (including phenoxy) is 1. The smallest absolute Gasteiger partial charge is 0.264 e. The van der Waals surface area contributed by atoms with Crippen molar-refractivity contribution in [3.05, 3.63) is 12.2 Å². The Kier molecular flexibility index (Phi) is 8.16. The Bertz CT molecular complexity index is 151. The Morgan fingerprint density at radius 1 is 1.54 bits per heavy atom. The van der Waals surface area contributed by atoms with Crippen molar-refractivity contribution in [3.8, 4) is 0 Å². The molecule has 0 aliphatic heterocycles. The van der Waals surface area contributed by atoms with Crippen LogP contribution in [0.25, 0.3) is 0 Å². The second kappa shape index (κ2) is 7.86. The van der Waals surface area contributed by atoms with Crippen LogP contribution in [0.3, 0.4) is 0 Å². The van der Waals surface area contributed by atoms with Crippen LogP contribution < -0.4 is 0 Å². The largest absolute Gasteiger partial charge is 0.375 e. The van der Waals surface area contributed by atoms with Crippen LogP contribution in [0, 0.1) is 0 Å². The summed E-state index contributed by atoms with van der Waals surface area (Å²) in [5.74, 6) is 0. The van der Waals surface area contributed by atoms with E-state index in [0.29, 0.717) is 6.61 Å². The first kappa shape index (κ1) is 13.5. The molecule has 0 spiro atoms. The van der Waals surface area contributed by atoms with Crippen molar-refractivity contribution in [1.82, 2.24) is 0 Å². The Balaban J connectivity index is 3.73. The third-order valence-electron chi connectivity index (χ3n) is 1.67. The highest BCUT2D eigenvalue weighted by Crippen LogP contribution is 2.14. The zero-order valence-corrected chi connectivity index (χ0v) is 11.0. The minimum absolute atomic E-state index is 0.0833. The lowest BCUT2D eigenvalue weighted by Crippen LogP contribution is -2.25. The molecule has 4 heteroatoms. The van der Waals surface area contributed by atoms with Crippen LogP contribution in [0.4, 0.5) is 0 Å². The first-order chi connectivity index (χ1) is 6.07. The summed E-state index contributed by atoms with van der Waals surface area (Å²) < 4.78 is 5.57. The van der Waals surface area contributed by atoms with Crippen molar-refractivity contribution < 1.29 is 4.74 Å². The molecule has 1 unspecified atom stereocenters. The van der Waals surface area contributed by atoms with Gasteiger partial charge in [0.25, 0.3) is 7.42 Å². The van der Waals surface area contributed by atoms with Gasteiger partial charge in [-0.25, -0.2) is 0 Å². The molecule has 0 saturated heterocycles. The van der Waals surface area contributed by atoms with E-state index in [1.165, 1.54) is 0 Å². The Morgan fingerprint density at radius 3 is 2.54 bits per heavy atom. The molecule has 13 heavy (non-hydrogen) atoms. The molecule has 0 heterocycles. The third-order valence-corrected chi connectivity index (χ3v) is 4.44. The van der Waals surface area contributed by atoms with Gasteiger partial charge in [0.15, 0.2) is 0 Å². The third kappa shape index (κ3) is 7.56. The molecular weight excluding hydrogens is 223 g/mol. The minimum Gasteiger partial charge on any atom is -0.375 e. The zero-order chi connectivity index (χ0) is 10.3. The summed E-state index contributed by atoms with van der Waals surface area (Å²) in [5.41, 5.74) is 1.10. The molecule has 0 rings (SSSR count). The second-order valence-electron chi connectivity index (χ2n) is 3.28. The molecule has 0 aromatic carbocycles. The van der Waals surface area contributed by atoms with Gasteiger partial charge < -0.3 is 4.74 Å². The summed E-state index contributed by atoms with van der Waals surface area (Å²) in [6.07, 6.45) is 3.26. The Labute approximate surface area is 92.1 Å². The molecular formula is C9H18Cl2OSi. The van der Waals surface area contributed by atoms with Gasteiger partial charge in [-0.3, -0.25) is 0 Å². The number of halogens is 2. The quantitative estimate of drug-likeness (QED) is 0.377. The summed E-state index contributed by atoms with van der Waals surface area (Å²) >= 11 is 11.8. The van der Waals surface area contributed by atoms with E-state index in [2.05, 4.69) is 13.5 Å². The predicted octanol–water partition coefficient (Wildman–Crippen LogP) is 3.38. The fourth-order valence-corrected chi connectivity index (χ4v) is 2.86. The maximum absolute atomic E-state index is 5.91. The van der Waals surface area contributed by atoms with E-state index in [9.17, 15) is 0 Å². The molecule has 0 aromatic heterocycles. The van der Waals surface area contributed by atoms with Crippen LogP contribution in [-0.2, 0) is 4.74 Å². The highest BCUT2D eigenvalue weighted by atomic mass is 35.7. The monoisotopic (exact) mass is 240 g/mol.